The van der Waals surface area contributed by atoms with E-state index in [-0.39, 0.29) is 11.6 Å². The Morgan fingerprint density at radius 2 is 2.26 bits per heavy atom. The number of carbonyl (C=O) groups is 1. The number of hydrogen-bond acceptors (Lipinski definition) is 4. The maximum atomic E-state index is 12.4. The average Bonchev–Trinajstić information content (AvgIpc) is 2.94. The molecule has 0 spiro atoms. The molecule has 1 atom stereocenters. The molecule has 1 unspecified atom stereocenters. The highest BCUT2D eigenvalue weighted by molar-refractivity contribution is 7.89. The number of aryl methyl sites for hydroxylation is 2. The Morgan fingerprint density at radius 1 is 1.58 bits per heavy atom. The van der Waals surface area contributed by atoms with Crippen LogP contribution in [0.5, 0.6) is 0 Å². The number of rotatable bonds is 4. The monoisotopic (exact) mass is 287 g/mol. The summed E-state index contributed by atoms with van der Waals surface area (Å²) in [5.74, 6) is -0.500. The molecule has 2 heterocycles. The van der Waals surface area contributed by atoms with E-state index in [0.29, 0.717) is 25.2 Å². The van der Waals surface area contributed by atoms with Crippen LogP contribution in [0.1, 0.15) is 25.6 Å². The molecule has 0 aliphatic carbocycles. The van der Waals surface area contributed by atoms with Crippen molar-refractivity contribution < 1.29 is 18.3 Å². The van der Waals surface area contributed by atoms with Crippen molar-refractivity contribution in [3.63, 3.8) is 0 Å². The number of imidazole rings is 1. The van der Waals surface area contributed by atoms with Crippen LogP contribution in [-0.4, -0.2) is 45.9 Å². The Bertz CT molecular complexity index is 593. The number of carboxylic acids is 1. The first-order valence-corrected chi connectivity index (χ1v) is 7.60. The maximum Gasteiger partial charge on any atom is 0.322 e. The minimum atomic E-state index is -3.82. The standard InChI is InChI=1S/C11H17N3O4S/c1-3-13-7-10(12-8(13)2)19(17,18)14-6-4-5-9(14)11(15)16/h7,9H,3-6H2,1-2H3,(H,15,16). The summed E-state index contributed by atoms with van der Waals surface area (Å²) in [6.45, 7) is 4.47. The lowest BCUT2D eigenvalue weighted by Crippen LogP contribution is -2.40. The second-order valence-electron chi connectivity index (χ2n) is 4.52. The number of hydrogen-bond donors (Lipinski definition) is 1. The van der Waals surface area contributed by atoms with Gasteiger partial charge < -0.3 is 9.67 Å². The molecule has 0 amide bonds. The Labute approximate surface area is 111 Å². The summed E-state index contributed by atoms with van der Waals surface area (Å²) < 4.78 is 27.6. The van der Waals surface area contributed by atoms with Crippen LogP contribution in [0.2, 0.25) is 0 Å². The molecule has 1 aliphatic heterocycles. The molecule has 0 saturated carbocycles. The van der Waals surface area contributed by atoms with Crippen LogP contribution in [0, 0.1) is 6.92 Å². The minimum absolute atomic E-state index is 0.0694. The van der Waals surface area contributed by atoms with Gasteiger partial charge in [0.1, 0.15) is 11.9 Å². The summed E-state index contributed by atoms with van der Waals surface area (Å²) in [4.78, 5) is 15.1. The zero-order valence-electron chi connectivity index (χ0n) is 10.9. The zero-order valence-corrected chi connectivity index (χ0v) is 11.7. The van der Waals surface area contributed by atoms with Crippen molar-refractivity contribution in [2.24, 2.45) is 0 Å². The number of nitrogens with zero attached hydrogens (tertiary/aromatic N) is 3. The summed E-state index contributed by atoms with van der Waals surface area (Å²) in [5, 5.41) is 9.00. The number of aromatic nitrogens is 2. The zero-order chi connectivity index (χ0) is 14.2. The van der Waals surface area contributed by atoms with E-state index in [1.165, 1.54) is 6.20 Å². The van der Waals surface area contributed by atoms with Gasteiger partial charge in [0, 0.05) is 19.3 Å². The summed E-state index contributed by atoms with van der Waals surface area (Å²) in [6.07, 6.45) is 2.37. The molecule has 0 aromatic carbocycles. The van der Waals surface area contributed by atoms with Crippen LogP contribution < -0.4 is 0 Å². The summed E-state index contributed by atoms with van der Waals surface area (Å²) in [7, 11) is -3.82. The van der Waals surface area contributed by atoms with E-state index < -0.39 is 22.0 Å². The third-order valence-corrected chi connectivity index (χ3v) is 5.14. The van der Waals surface area contributed by atoms with Crippen LogP contribution in [0.25, 0.3) is 0 Å². The van der Waals surface area contributed by atoms with Gasteiger partial charge in [0.15, 0.2) is 5.03 Å². The Hall–Kier alpha value is -1.41. The highest BCUT2D eigenvalue weighted by Crippen LogP contribution is 2.25. The molecule has 1 fully saturated rings. The van der Waals surface area contributed by atoms with Gasteiger partial charge in [-0.3, -0.25) is 4.79 Å². The lowest BCUT2D eigenvalue weighted by molar-refractivity contribution is -0.140. The van der Waals surface area contributed by atoms with Gasteiger partial charge in [0.05, 0.1) is 0 Å². The van der Waals surface area contributed by atoms with Crippen molar-refractivity contribution in [3.8, 4) is 0 Å². The molecule has 7 nitrogen and oxygen atoms in total. The van der Waals surface area contributed by atoms with Crippen LogP contribution in [-0.2, 0) is 21.4 Å². The lowest BCUT2D eigenvalue weighted by atomic mass is 10.2. The molecular weight excluding hydrogens is 270 g/mol. The topological polar surface area (TPSA) is 92.5 Å². The van der Waals surface area contributed by atoms with Gasteiger partial charge in [-0.2, -0.15) is 4.31 Å². The van der Waals surface area contributed by atoms with Gasteiger partial charge in [0.2, 0.25) is 0 Å². The third-order valence-electron chi connectivity index (χ3n) is 3.36. The molecule has 0 bridgehead atoms. The smallest absolute Gasteiger partial charge is 0.322 e. The second-order valence-corrected chi connectivity index (χ2v) is 6.36. The predicted molar refractivity (Wildman–Crippen MR) is 67.2 cm³/mol. The highest BCUT2D eigenvalue weighted by Gasteiger charge is 2.40. The van der Waals surface area contributed by atoms with Crippen molar-refractivity contribution in [2.75, 3.05) is 6.54 Å². The molecule has 1 aliphatic rings. The van der Waals surface area contributed by atoms with E-state index in [4.69, 9.17) is 5.11 Å². The van der Waals surface area contributed by atoms with Crippen LogP contribution in [0.4, 0.5) is 0 Å². The van der Waals surface area contributed by atoms with Crippen LogP contribution >= 0.6 is 0 Å². The fourth-order valence-electron chi connectivity index (χ4n) is 2.32. The van der Waals surface area contributed by atoms with Crippen molar-refractivity contribution in [1.29, 1.82) is 0 Å². The third kappa shape index (κ3) is 2.37. The van der Waals surface area contributed by atoms with E-state index >= 15 is 0 Å². The molecule has 19 heavy (non-hydrogen) atoms. The highest BCUT2D eigenvalue weighted by atomic mass is 32.2. The molecule has 8 heteroatoms. The number of sulfonamides is 1. The first-order chi connectivity index (χ1) is 8.87. The van der Waals surface area contributed by atoms with Gasteiger partial charge in [-0.1, -0.05) is 0 Å². The van der Waals surface area contributed by atoms with Gasteiger partial charge in [-0.15, -0.1) is 0 Å². The van der Waals surface area contributed by atoms with Gasteiger partial charge >= 0.3 is 5.97 Å². The Balaban J connectivity index is 2.38. The summed E-state index contributed by atoms with van der Waals surface area (Å²) >= 11 is 0. The van der Waals surface area contributed by atoms with Crippen molar-refractivity contribution in [1.82, 2.24) is 13.9 Å². The molecule has 0 radical (unpaired) electrons. The molecule has 1 aromatic heterocycles. The fraction of sp³-hybridized carbons (Fsp3) is 0.636. The Kier molecular flexibility index (Phi) is 3.64. The van der Waals surface area contributed by atoms with Crippen LogP contribution in [0.15, 0.2) is 11.2 Å². The maximum absolute atomic E-state index is 12.4. The van der Waals surface area contributed by atoms with E-state index in [0.717, 1.165) is 4.31 Å². The van der Waals surface area contributed by atoms with Gasteiger partial charge in [-0.05, 0) is 26.7 Å². The van der Waals surface area contributed by atoms with Gasteiger partial charge in [-0.25, -0.2) is 13.4 Å². The summed E-state index contributed by atoms with van der Waals surface area (Å²) in [6, 6.07) is -0.975. The number of carboxylic acid groups (broad SMARTS) is 1. The van der Waals surface area contributed by atoms with Crippen molar-refractivity contribution >= 4 is 16.0 Å². The molecule has 1 aromatic rings. The molecule has 106 valence electrons. The first kappa shape index (κ1) is 14.0. The largest absolute Gasteiger partial charge is 0.480 e. The van der Waals surface area contributed by atoms with Gasteiger partial charge in [0.25, 0.3) is 10.0 Å². The van der Waals surface area contributed by atoms with Crippen molar-refractivity contribution in [2.45, 2.75) is 44.3 Å². The molecule has 2 rings (SSSR count). The predicted octanol–water partition coefficient (Wildman–Crippen LogP) is 0.449. The van der Waals surface area contributed by atoms with E-state index in [2.05, 4.69) is 4.98 Å². The molecular formula is C11H17N3O4S. The van der Waals surface area contributed by atoms with E-state index in [1.54, 1.807) is 11.5 Å². The Morgan fingerprint density at radius 3 is 2.79 bits per heavy atom. The average molecular weight is 287 g/mol. The second kappa shape index (κ2) is 4.93. The molecule has 1 N–H and O–H groups in total. The fourth-order valence-corrected chi connectivity index (χ4v) is 3.97. The quantitative estimate of drug-likeness (QED) is 0.868. The molecule has 1 saturated heterocycles. The van der Waals surface area contributed by atoms with E-state index in [9.17, 15) is 13.2 Å². The van der Waals surface area contributed by atoms with Crippen molar-refractivity contribution in [3.05, 3.63) is 12.0 Å². The van der Waals surface area contributed by atoms with E-state index in [1.807, 2.05) is 6.92 Å². The lowest BCUT2D eigenvalue weighted by Gasteiger charge is -2.19. The summed E-state index contributed by atoms with van der Waals surface area (Å²) in [5.41, 5.74) is 0. The minimum Gasteiger partial charge on any atom is -0.480 e. The normalized spacial score (nSPS) is 20.8. The SMILES string of the molecule is CCn1cc(S(=O)(=O)N2CCCC2C(=O)O)nc1C. The van der Waals surface area contributed by atoms with Crippen LogP contribution in [0.3, 0.4) is 0 Å². The number of aliphatic carboxylic acids is 1. The first-order valence-electron chi connectivity index (χ1n) is 6.16.